The molecule has 7 heteroatoms. The van der Waals surface area contributed by atoms with E-state index < -0.39 is 18.0 Å². The zero-order valence-electron chi connectivity index (χ0n) is 22.5. The fraction of sp³-hybridized carbons (Fsp3) is 0.364. The summed E-state index contributed by atoms with van der Waals surface area (Å²) in [4.78, 5) is 45.2. The van der Waals surface area contributed by atoms with Crippen LogP contribution in [0.25, 0.3) is 0 Å². The lowest BCUT2D eigenvalue weighted by Crippen LogP contribution is -2.58. The molecule has 4 fully saturated rings. The molecular formula is C33H34N4O3. The Balaban J connectivity index is 1.28. The number of hydrogen-bond acceptors (Lipinski definition) is 3. The van der Waals surface area contributed by atoms with Crippen molar-refractivity contribution in [1.29, 1.82) is 0 Å². The summed E-state index contributed by atoms with van der Waals surface area (Å²) in [6.07, 6.45) is 7.34. The van der Waals surface area contributed by atoms with Crippen molar-refractivity contribution in [2.24, 2.45) is 23.2 Å². The van der Waals surface area contributed by atoms with Crippen LogP contribution in [0.3, 0.4) is 0 Å². The van der Waals surface area contributed by atoms with E-state index in [2.05, 4.69) is 10.6 Å². The van der Waals surface area contributed by atoms with Crippen LogP contribution in [0, 0.1) is 23.2 Å². The van der Waals surface area contributed by atoms with Crippen molar-refractivity contribution >= 4 is 40.6 Å². The number of nitrogens with zero attached hydrogens (tertiary/aromatic N) is 2. The van der Waals surface area contributed by atoms with E-state index >= 15 is 0 Å². The predicted molar refractivity (Wildman–Crippen MR) is 155 cm³/mol. The van der Waals surface area contributed by atoms with Crippen LogP contribution in [0.1, 0.15) is 38.5 Å². The lowest BCUT2D eigenvalue weighted by atomic mass is 9.49. The molecular weight excluding hydrogens is 500 g/mol. The Kier molecular flexibility index (Phi) is 6.10. The third kappa shape index (κ3) is 4.43. The summed E-state index contributed by atoms with van der Waals surface area (Å²) in [6.45, 7) is 0.570. The first-order valence-corrected chi connectivity index (χ1v) is 14.4. The molecule has 2 N–H and O–H groups in total. The summed E-state index contributed by atoms with van der Waals surface area (Å²) in [5.41, 5.74) is 2.67. The van der Waals surface area contributed by atoms with Crippen LogP contribution in [0.5, 0.6) is 0 Å². The van der Waals surface area contributed by atoms with Gasteiger partial charge in [0.1, 0.15) is 0 Å². The number of para-hydroxylation sites is 4. The molecule has 4 aliphatic carbocycles. The molecule has 7 nitrogen and oxygen atoms in total. The second kappa shape index (κ2) is 9.81. The number of nitrogens with one attached hydrogen (secondary N) is 2. The van der Waals surface area contributed by atoms with Crippen LogP contribution in [0.15, 0.2) is 84.9 Å². The highest BCUT2D eigenvalue weighted by molar-refractivity contribution is 6.24. The first-order valence-electron chi connectivity index (χ1n) is 14.4. The smallest absolute Gasteiger partial charge is 0.318 e. The highest BCUT2D eigenvalue weighted by atomic mass is 16.2. The van der Waals surface area contributed by atoms with Gasteiger partial charge in [0.25, 0.3) is 11.8 Å². The van der Waals surface area contributed by atoms with Crippen LogP contribution in [0.2, 0.25) is 0 Å². The summed E-state index contributed by atoms with van der Waals surface area (Å²) in [6, 6.07) is 24.1. The molecule has 1 aliphatic heterocycles. The molecule has 3 aromatic carbocycles. The number of urea groups is 1. The Morgan fingerprint density at radius 3 is 1.90 bits per heavy atom. The van der Waals surface area contributed by atoms with Crippen molar-refractivity contribution in [3.8, 4) is 0 Å². The monoisotopic (exact) mass is 534 g/mol. The van der Waals surface area contributed by atoms with Gasteiger partial charge < -0.3 is 15.5 Å². The number of carbonyl (C=O) groups is 3. The predicted octanol–water partition coefficient (Wildman–Crippen LogP) is 6.10. The quantitative estimate of drug-likeness (QED) is 0.388. The van der Waals surface area contributed by atoms with E-state index in [9.17, 15) is 14.4 Å². The minimum atomic E-state index is -1.37. The Morgan fingerprint density at radius 1 is 0.725 bits per heavy atom. The van der Waals surface area contributed by atoms with Gasteiger partial charge in [0, 0.05) is 17.9 Å². The molecule has 8 rings (SSSR count). The first kappa shape index (κ1) is 24.9. The third-order valence-corrected chi connectivity index (χ3v) is 9.37. The third-order valence-electron chi connectivity index (χ3n) is 9.37. The molecule has 0 spiro atoms. The number of benzene rings is 3. The maximum Gasteiger partial charge on any atom is 0.320 e. The molecule has 4 amide bonds. The van der Waals surface area contributed by atoms with Crippen LogP contribution in [-0.2, 0) is 9.59 Å². The van der Waals surface area contributed by atoms with E-state index in [1.807, 2.05) is 77.7 Å². The van der Waals surface area contributed by atoms with E-state index in [4.69, 9.17) is 0 Å². The van der Waals surface area contributed by atoms with E-state index in [-0.39, 0.29) is 11.3 Å². The molecule has 0 radical (unpaired) electrons. The van der Waals surface area contributed by atoms with E-state index in [0.717, 1.165) is 37.0 Å². The molecule has 0 unspecified atom stereocenters. The highest BCUT2D eigenvalue weighted by Crippen LogP contribution is 2.60. The van der Waals surface area contributed by atoms with Crippen molar-refractivity contribution in [3.05, 3.63) is 84.9 Å². The normalized spacial score (nSPS) is 28.7. The molecule has 204 valence electrons. The van der Waals surface area contributed by atoms with Gasteiger partial charge in [0.05, 0.1) is 11.4 Å². The second-order valence-corrected chi connectivity index (χ2v) is 12.2. The summed E-state index contributed by atoms with van der Waals surface area (Å²) in [7, 11) is 0. The van der Waals surface area contributed by atoms with Crippen LogP contribution >= 0.6 is 0 Å². The highest BCUT2D eigenvalue weighted by Gasteiger charge is 2.53. The molecule has 4 saturated carbocycles. The van der Waals surface area contributed by atoms with Crippen molar-refractivity contribution in [3.63, 3.8) is 0 Å². The number of amides is 4. The molecule has 0 aromatic heterocycles. The van der Waals surface area contributed by atoms with Gasteiger partial charge in [-0.1, -0.05) is 48.5 Å². The van der Waals surface area contributed by atoms with Crippen LogP contribution < -0.4 is 20.4 Å². The van der Waals surface area contributed by atoms with Gasteiger partial charge in [-0.2, -0.15) is 0 Å². The largest absolute Gasteiger partial charge is 0.320 e. The Morgan fingerprint density at radius 2 is 1.27 bits per heavy atom. The molecule has 3 aromatic rings. The molecule has 0 saturated heterocycles. The fourth-order valence-electron chi connectivity index (χ4n) is 8.28. The van der Waals surface area contributed by atoms with Gasteiger partial charge >= 0.3 is 6.03 Å². The number of hydrogen-bond donors (Lipinski definition) is 2. The maximum atomic E-state index is 14.4. The van der Waals surface area contributed by atoms with Gasteiger partial charge in [-0.05, 0) is 98.1 Å². The van der Waals surface area contributed by atoms with Crippen molar-refractivity contribution in [2.45, 2.75) is 44.6 Å². The first-order chi connectivity index (χ1) is 19.5. The Labute approximate surface area is 234 Å². The Bertz CT molecular complexity index is 1410. The van der Waals surface area contributed by atoms with E-state index in [1.165, 1.54) is 19.3 Å². The molecule has 1 atom stereocenters. The lowest BCUT2D eigenvalue weighted by molar-refractivity contribution is -0.129. The minimum Gasteiger partial charge on any atom is -0.318 e. The zero-order valence-corrected chi connectivity index (χ0v) is 22.5. The standard InChI is InChI=1S/C33H34N4O3/c38-30-29(35-32(40)34-25-9-3-1-4-10-25)31(39)37(26-11-5-2-6-12-26)28-14-8-7-13-27(28)36(30)21-33-18-22-15-23(19-33)17-24(16-22)20-33/h1-14,22-24,29H,15-21H2,(H2,34,35,40)/t22?,23?,24?,29-,33?/m1/s1. The Hall–Kier alpha value is -4.13. The van der Waals surface area contributed by atoms with Gasteiger partial charge in [0.2, 0.25) is 0 Å². The summed E-state index contributed by atoms with van der Waals surface area (Å²) < 4.78 is 0. The summed E-state index contributed by atoms with van der Waals surface area (Å²) in [5.74, 6) is 1.35. The number of anilines is 4. The topological polar surface area (TPSA) is 81.8 Å². The van der Waals surface area contributed by atoms with Gasteiger partial charge in [-0.25, -0.2) is 4.79 Å². The van der Waals surface area contributed by atoms with Gasteiger partial charge in [-0.15, -0.1) is 0 Å². The van der Waals surface area contributed by atoms with Gasteiger partial charge in [-0.3, -0.25) is 14.5 Å². The maximum absolute atomic E-state index is 14.4. The SMILES string of the molecule is O=C(Nc1ccccc1)N[C@@H]1C(=O)N(CC23CC4CC(CC(C4)C2)C3)c2ccccc2N(c2ccccc2)C1=O. The average Bonchev–Trinajstić information content (AvgIpc) is 3.02. The van der Waals surface area contributed by atoms with Crippen LogP contribution in [0.4, 0.5) is 27.5 Å². The van der Waals surface area contributed by atoms with Crippen molar-refractivity contribution < 1.29 is 14.4 Å². The number of rotatable bonds is 5. The molecule has 4 bridgehead atoms. The number of fused-ring (bicyclic) bond motifs is 1. The molecule has 40 heavy (non-hydrogen) atoms. The van der Waals surface area contributed by atoms with Crippen LogP contribution in [-0.4, -0.2) is 30.4 Å². The second-order valence-electron chi connectivity index (χ2n) is 12.2. The molecule has 5 aliphatic rings. The number of carbonyl (C=O) groups excluding carboxylic acids is 3. The zero-order chi connectivity index (χ0) is 27.3. The van der Waals surface area contributed by atoms with E-state index in [1.54, 1.807) is 17.0 Å². The van der Waals surface area contributed by atoms with Crippen molar-refractivity contribution in [2.75, 3.05) is 21.7 Å². The van der Waals surface area contributed by atoms with E-state index in [0.29, 0.717) is 29.3 Å². The van der Waals surface area contributed by atoms with Gasteiger partial charge in [0.15, 0.2) is 6.04 Å². The average molecular weight is 535 g/mol. The summed E-state index contributed by atoms with van der Waals surface area (Å²) >= 11 is 0. The fourth-order valence-corrected chi connectivity index (χ4v) is 8.28. The minimum absolute atomic E-state index is 0.0549. The lowest BCUT2D eigenvalue weighted by Gasteiger charge is -2.57. The summed E-state index contributed by atoms with van der Waals surface area (Å²) in [5, 5.41) is 5.52. The van der Waals surface area contributed by atoms with Crippen molar-refractivity contribution in [1.82, 2.24) is 5.32 Å². The molecule has 1 heterocycles.